The van der Waals surface area contributed by atoms with E-state index in [1.807, 2.05) is 13.8 Å². The molecule has 1 aliphatic rings. The summed E-state index contributed by atoms with van der Waals surface area (Å²) in [6.07, 6.45) is -0.672. The number of halogens is 3. The number of methoxy groups -OCH3 is 1. The number of aliphatic hydroxyl groups excluding tert-OH is 1. The molecule has 0 aliphatic carbocycles. The Labute approximate surface area is 174 Å². The van der Waals surface area contributed by atoms with Crippen LogP contribution in [0.4, 0.5) is 0 Å². The number of hydrazine groups is 1. The van der Waals surface area contributed by atoms with Crippen LogP contribution in [0.1, 0.15) is 33.6 Å². The Morgan fingerprint density at radius 1 is 1.33 bits per heavy atom. The van der Waals surface area contributed by atoms with Crippen molar-refractivity contribution in [3.8, 4) is 0 Å². The molecule has 0 aromatic carbocycles. The third kappa shape index (κ3) is 8.27. The Morgan fingerprint density at radius 3 is 2.48 bits per heavy atom. The van der Waals surface area contributed by atoms with Gasteiger partial charge in [-0.25, -0.2) is 5.43 Å². The van der Waals surface area contributed by atoms with Gasteiger partial charge in [0.15, 0.2) is 6.29 Å². The van der Waals surface area contributed by atoms with Crippen LogP contribution in [0.5, 0.6) is 0 Å². The van der Waals surface area contributed by atoms with Gasteiger partial charge in [0.1, 0.15) is 12.1 Å². The molecule has 8 nitrogen and oxygen atoms in total. The van der Waals surface area contributed by atoms with Crippen LogP contribution in [-0.2, 0) is 19.1 Å². The van der Waals surface area contributed by atoms with Gasteiger partial charge in [-0.3, -0.25) is 14.6 Å². The van der Waals surface area contributed by atoms with E-state index in [1.54, 1.807) is 6.92 Å². The Balaban J connectivity index is 2.60. The van der Waals surface area contributed by atoms with E-state index in [2.05, 4.69) is 10.7 Å². The highest BCUT2D eigenvalue weighted by Crippen LogP contribution is 2.27. The Morgan fingerprint density at radius 2 is 1.96 bits per heavy atom. The molecule has 1 rings (SSSR count). The first-order valence-corrected chi connectivity index (χ1v) is 9.86. The zero-order valence-corrected chi connectivity index (χ0v) is 18.1. The first-order valence-electron chi connectivity index (χ1n) is 8.73. The lowest BCUT2D eigenvalue weighted by Gasteiger charge is -2.37. The van der Waals surface area contributed by atoms with Gasteiger partial charge in [-0.2, -0.15) is 0 Å². The molecule has 27 heavy (non-hydrogen) atoms. The van der Waals surface area contributed by atoms with Crippen molar-refractivity contribution in [2.75, 3.05) is 20.3 Å². The first-order chi connectivity index (χ1) is 12.5. The van der Waals surface area contributed by atoms with E-state index < -0.39 is 28.3 Å². The molecule has 0 aromatic rings. The molecule has 0 bridgehead atoms. The maximum Gasteiger partial charge on any atom is 0.258 e. The molecule has 0 radical (unpaired) electrons. The first kappa shape index (κ1) is 24.7. The summed E-state index contributed by atoms with van der Waals surface area (Å²) in [4.78, 5) is 24.9. The van der Waals surface area contributed by atoms with Crippen LogP contribution >= 0.6 is 34.8 Å². The van der Waals surface area contributed by atoms with E-state index in [0.29, 0.717) is 19.4 Å². The Kier molecular flexibility index (Phi) is 10.1. The monoisotopic (exact) mass is 447 g/mol. The highest BCUT2D eigenvalue weighted by atomic mass is 35.6. The number of nitrogens with zero attached hydrogens (tertiary/aromatic N) is 1. The van der Waals surface area contributed by atoms with Gasteiger partial charge in [-0.15, -0.1) is 0 Å². The largest absolute Gasteiger partial charge is 0.371 e. The number of alkyl halides is 3. The molecule has 1 aliphatic heterocycles. The van der Waals surface area contributed by atoms with Gasteiger partial charge in [0, 0.05) is 13.7 Å². The molecule has 0 aromatic heterocycles. The highest BCUT2D eigenvalue weighted by molar-refractivity contribution is 6.67. The molecular weight excluding hydrogens is 421 g/mol. The second-order valence-electron chi connectivity index (χ2n) is 6.82. The predicted molar refractivity (Wildman–Crippen MR) is 103 cm³/mol. The number of amides is 2. The summed E-state index contributed by atoms with van der Waals surface area (Å²) in [5.41, 5.74) is 2.91. The summed E-state index contributed by atoms with van der Waals surface area (Å²) < 4.78 is 8.67. The molecule has 158 valence electrons. The average molecular weight is 449 g/mol. The zero-order chi connectivity index (χ0) is 20.8. The Hall–Kier alpha value is -0.350. The second-order valence-corrected chi connectivity index (χ2v) is 9.33. The van der Waals surface area contributed by atoms with Crippen molar-refractivity contribution in [1.29, 1.82) is 0 Å². The van der Waals surface area contributed by atoms with E-state index in [9.17, 15) is 14.7 Å². The van der Waals surface area contributed by atoms with Crippen molar-refractivity contribution >= 4 is 46.6 Å². The van der Waals surface area contributed by atoms with Crippen LogP contribution in [0.2, 0.25) is 0 Å². The van der Waals surface area contributed by atoms with Crippen molar-refractivity contribution in [1.82, 2.24) is 15.8 Å². The second kappa shape index (κ2) is 11.0. The summed E-state index contributed by atoms with van der Waals surface area (Å²) >= 11 is 16.8. The van der Waals surface area contributed by atoms with Crippen LogP contribution < -0.4 is 10.7 Å². The van der Waals surface area contributed by atoms with Gasteiger partial charge in [0.25, 0.3) is 5.91 Å². The number of carbonyl (C=O) groups excluding carboxylic acids is 2. The maximum atomic E-state index is 12.6. The molecular formula is C16H28Cl3N3O5. The minimum atomic E-state index is -1.64. The summed E-state index contributed by atoms with van der Waals surface area (Å²) in [6, 6.07) is -1.31. The molecule has 11 heteroatoms. The number of rotatable bonds is 8. The lowest BCUT2D eigenvalue weighted by Crippen LogP contribution is -2.61. The van der Waals surface area contributed by atoms with Gasteiger partial charge >= 0.3 is 0 Å². The topological polar surface area (TPSA) is 100 Å². The maximum absolute atomic E-state index is 12.6. The van der Waals surface area contributed by atoms with E-state index in [4.69, 9.17) is 44.3 Å². The third-order valence-corrected chi connectivity index (χ3v) is 4.42. The molecule has 4 atom stereocenters. The number of ether oxygens (including phenoxy) is 2. The molecule has 1 heterocycles. The zero-order valence-electron chi connectivity index (χ0n) is 15.9. The smallest absolute Gasteiger partial charge is 0.258 e. The van der Waals surface area contributed by atoms with Gasteiger partial charge < -0.3 is 19.9 Å². The fourth-order valence-electron chi connectivity index (χ4n) is 2.75. The normalized spacial score (nSPS) is 21.7. The van der Waals surface area contributed by atoms with Crippen molar-refractivity contribution in [3.05, 3.63) is 0 Å². The fraction of sp³-hybridized carbons (Fsp3) is 0.875. The number of nitrogens with one attached hydrogen (secondary N) is 2. The van der Waals surface area contributed by atoms with E-state index in [0.717, 1.165) is 0 Å². The molecule has 1 fully saturated rings. The lowest BCUT2D eigenvalue weighted by molar-refractivity contribution is -0.156. The van der Waals surface area contributed by atoms with Crippen molar-refractivity contribution in [2.45, 2.75) is 61.9 Å². The summed E-state index contributed by atoms with van der Waals surface area (Å²) in [6.45, 7) is 5.45. The molecule has 2 amide bonds. The minimum Gasteiger partial charge on any atom is -0.371 e. The summed E-state index contributed by atoms with van der Waals surface area (Å²) in [5, 5.41) is 14.1. The lowest BCUT2D eigenvalue weighted by atomic mass is 10.1. The predicted octanol–water partition coefficient (Wildman–Crippen LogP) is 1.36. The Bertz CT molecular complexity index is 504. The molecule has 3 N–H and O–H groups in total. The molecule has 1 unspecified atom stereocenters. The van der Waals surface area contributed by atoms with Crippen LogP contribution in [0.3, 0.4) is 0 Å². The summed E-state index contributed by atoms with van der Waals surface area (Å²) in [5.74, 6) is -0.715. The highest BCUT2D eigenvalue weighted by Gasteiger charge is 2.33. The molecule has 0 spiro atoms. The van der Waals surface area contributed by atoms with Gasteiger partial charge in [0.2, 0.25) is 9.70 Å². The van der Waals surface area contributed by atoms with Crippen LogP contribution in [0.15, 0.2) is 0 Å². The van der Waals surface area contributed by atoms with Crippen molar-refractivity contribution in [3.63, 3.8) is 0 Å². The van der Waals surface area contributed by atoms with Crippen LogP contribution in [-0.4, -0.2) is 70.5 Å². The number of hydrogen-bond acceptors (Lipinski definition) is 6. The quantitative estimate of drug-likeness (QED) is 0.383. The minimum absolute atomic E-state index is 0.0278. The number of carbonyl (C=O) groups is 2. The fourth-order valence-corrected chi connectivity index (χ4v) is 2.94. The van der Waals surface area contributed by atoms with E-state index >= 15 is 0 Å². The van der Waals surface area contributed by atoms with Crippen molar-refractivity contribution in [2.24, 2.45) is 5.92 Å². The van der Waals surface area contributed by atoms with Crippen LogP contribution in [0, 0.1) is 5.92 Å². The standard InChI is InChI=1S/C16H28Cl3N3O5/c1-9(2)12(26-4)13(23)20-10(3)14(24)22-7-5-6-11(21-22)15(25)27-8-16(17,18)19/h9-12,15,21,25H,5-8H2,1-4H3,(H,20,23)/t10-,11-,12-,15?/m0/s1. The van der Waals surface area contributed by atoms with E-state index in [1.165, 1.54) is 12.1 Å². The van der Waals surface area contributed by atoms with Gasteiger partial charge in [0.05, 0.1) is 12.6 Å². The molecule has 0 saturated carbocycles. The van der Waals surface area contributed by atoms with Crippen LogP contribution in [0.25, 0.3) is 0 Å². The molecule has 1 saturated heterocycles. The van der Waals surface area contributed by atoms with Crippen molar-refractivity contribution < 1.29 is 24.2 Å². The SMILES string of the molecule is CO[C@H](C(=O)N[C@@H](C)C(=O)N1CCC[C@@H](C(O)OCC(Cl)(Cl)Cl)N1)C(C)C. The average Bonchev–Trinajstić information content (AvgIpc) is 2.58. The number of hydrogen-bond donors (Lipinski definition) is 3. The van der Waals surface area contributed by atoms with Gasteiger partial charge in [-0.1, -0.05) is 48.7 Å². The number of aliphatic hydroxyl groups is 1. The summed E-state index contributed by atoms with van der Waals surface area (Å²) in [7, 11) is 1.45. The third-order valence-electron chi connectivity index (χ3n) is 4.09. The van der Waals surface area contributed by atoms with E-state index in [-0.39, 0.29) is 24.3 Å². The van der Waals surface area contributed by atoms with Gasteiger partial charge in [-0.05, 0) is 25.7 Å².